The van der Waals surface area contributed by atoms with Crippen LogP contribution in [0.4, 0.5) is 0 Å². The molecule has 0 saturated carbocycles. The SMILES string of the molecule is CCC(C)CN(C)C(CN)c1ccc(C)cc1C. The van der Waals surface area contributed by atoms with Crippen molar-refractivity contribution in [2.75, 3.05) is 20.1 Å². The highest BCUT2D eigenvalue weighted by atomic mass is 15.1. The van der Waals surface area contributed by atoms with Crippen molar-refractivity contribution in [3.8, 4) is 0 Å². The first-order valence-electron chi connectivity index (χ1n) is 6.97. The highest BCUT2D eigenvalue weighted by Crippen LogP contribution is 2.24. The Kier molecular flexibility index (Phi) is 5.83. The molecule has 0 radical (unpaired) electrons. The van der Waals surface area contributed by atoms with Gasteiger partial charge >= 0.3 is 0 Å². The maximum absolute atomic E-state index is 5.99. The molecule has 0 bridgehead atoms. The smallest absolute Gasteiger partial charge is 0.0470 e. The van der Waals surface area contributed by atoms with E-state index in [2.05, 4.69) is 57.8 Å². The van der Waals surface area contributed by atoms with Crippen LogP contribution in [0.5, 0.6) is 0 Å². The van der Waals surface area contributed by atoms with Gasteiger partial charge in [-0.05, 0) is 37.9 Å². The highest BCUT2D eigenvalue weighted by molar-refractivity contribution is 5.33. The summed E-state index contributed by atoms with van der Waals surface area (Å²) in [5.41, 5.74) is 10.0. The minimum absolute atomic E-state index is 0.333. The molecule has 2 nitrogen and oxygen atoms in total. The van der Waals surface area contributed by atoms with Gasteiger partial charge in [0.2, 0.25) is 0 Å². The molecular formula is C16H28N2. The Hall–Kier alpha value is -0.860. The van der Waals surface area contributed by atoms with Crippen LogP contribution < -0.4 is 5.73 Å². The molecule has 2 atom stereocenters. The van der Waals surface area contributed by atoms with Crippen LogP contribution in [0.3, 0.4) is 0 Å². The zero-order valence-electron chi connectivity index (χ0n) is 12.5. The van der Waals surface area contributed by atoms with Crippen LogP contribution in [0.2, 0.25) is 0 Å². The van der Waals surface area contributed by atoms with Crippen LogP contribution in [-0.2, 0) is 0 Å². The molecule has 0 aliphatic carbocycles. The minimum Gasteiger partial charge on any atom is -0.329 e. The number of likely N-dealkylation sites (N-methyl/N-ethyl adjacent to an activating group) is 1. The Morgan fingerprint density at radius 1 is 1.28 bits per heavy atom. The number of nitrogens with two attached hydrogens (primary N) is 1. The summed E-state index contributed by atoms with van der Waals surface area (Å²) in [5, 5.41) is 0. The second kappa shape index (κ2) is 6.91. The van der Waals surface area contributed by atoms with E-state index in [1.807, 2.05) is 0 Å². The van der Waals surface area contributed by atoms with Gasteiger partial charge in [-0.25, -0.2) is 0 Å². The first-order chi connectivity index (χ1) is 8.49. The van der Waals surface area contributed by atoms with Gasteiger partial charge in [-0.2, -0.15) is 0 Å². The quantitative estimate of drug-likeness (QED) is 0.837. The Morgan fingerprint density at radius 3 is 2.44 bits per heavy atom. The van der Waals surface area contributed by atoms with Crippen molar-refractivity contribution in [3.63, 3.8) is 0 Å². The van der Waals surface area contributed by atoms with Gasteiger partial charge in [-0.3, -0.25) is 4.90 Å². The van der Waals surface area contributed by atoms with Gasteiger partial charge < -0.3 is 5.73 Å². The molecule has 0 fully saturated rings. The van der Waals surface area contributed by atoms with Gasteiger partial charge in [-0.1, -0.05) is 44.0 Å². The summed E-state index contributed by atoms with van der Waals surface area (Å²) in [6.45, 7) is 10.6. The van der Waals surface area contributed by atoms with Gasteiger partial charge in [0, 0.05) is 19.1 Å². The van der Waals surface area contributed by atoms with E-state index in [0.29, 0.717) is 12.6 Å². The van der Waals surface area contributed by atoms with Crippen molar-refractivity contribution in [1.29, 1.82) is 0 Å². The fourth-order valence-corrected chi connectivity index (χ4v) is 2.49. The average molecular weight is 248 g/mol. The summed E-state index contributed by atoms with van der Waals surface area (Å²) in [6.07, 6.45) is 1.22. The third-order valence-corrected chi connectivity index (χ3v) is 3.84. The number of benzene rings is 1. The largest absolute Gasteiger partial charge is 0.329 e. The number of hydrogen-bond acceptors (Lipinski definition) is 2. The zero-order valence-corrected chi connectivity index (χ0v) is 12.5. The normalized spacial score (nSPS) is 14.8. The first kappa shape index (κ1) is 15.2. The van der Waals surface area contributed by atoms with Crippen molar-refractivity contribution >= 4 is 0 Å². The van der Waals surface area contributed by atoms with E-state index in [0.717, 1.165) is 12.5 Å². The Balaban J connectivity index is 2.88. The van der Waals surface area contributed by atoms with Crippen molar-refractivity contribution in [2.45, 2.75) is 40.2 Å². The second-order valence-electron chi connectivity index (χ2n) is 5.56. The molecule has 0 spiro atoms. The number of aryl methyl sites for hydroxylation is 2. The second-order valence-corrected chi connectivity index (χ2v) is 5.56. The summed E-state index contributed by atoms with van der Waals surface area (Å²) >= 11 is 0. The van der Waals surface area contributed by atoms with E-state index in [-0.39, 0.29) is 0 Å². The predicted octanol–water partition coefficient (Wildman–Crippen LogP) is 3.28. The minimum atomic E-state index is 0.333. The average Bonchev–Trinajstić information content (AvgIpc) is 2.32. The van der Waals surface area contributed by atoms with Gasteiger partial charge in [0.1, 0.15) is 0 Å². The molecule has 0 aliphatic rings. The van der Waals surface area contributed by atoms with Crippen LogP contribution in [0.15, 0.2) is 18.2 Å². The van der Waals surface area contributed by atoms with Crippen LogP contribution in [0.1, 0.15) is 43.0 Å². The van der Waals surface area contributed by atoms with E-state index in [9.17, 15) is 0 Å². The molecule has 0 aliphatic heterocycles. The third-order valence-electron chi connectivity index (χ3n) is 3.84. The molecule has 0 saturated heterocycles. The van der Waals surface area contributed by atoms with Crippen molar-refractivity contribution in [2.24, 2.45) is 11.7 Å². The molecule has 1 aromatic rings. The third kappa shape index (κ3) is 3.82. The van der Waals surface area contributed by atoms with Gasteiger partial charge in [0.25, 0.3) is 0 Å². The maximum Gasteiger partial charge on any atom is 0.0470 e. The molecule has 0 amide bonds. The lowest BCUT2D eigenvalue weighted by atomic mass is 9.97. The molecule has 1 rings (SSSR count). The summed E-state index contributed by atoms with van der Waals surface area (Å²) in [5.74, 6) is 0.717. The van der Waals surface area contributed by atoms with E-state index in [4.69, 9.17) is 5.73 Å². The number of hydrogen-bond donors (Lipinski definition) is 1. The Labute approximate surface area is 112 Å². The first-order valence-corrected chi connectivity index (χ1v) is 6.97. The molecular weight excluding hydrogens is 220 g/mol. The molecule has 2 heteroatoms. The molecule has 102 valence electrons. The Morgan fingerprint density at radius 2 is 1.94 bits per heavy atom. The standard InChI is InChI=1S/C16H28N2/c1-6-12(2)11-18(5)16(10-17)15-8-7-13(3)9-14(15)4/h7-9,12,16H,6,10-11,17H2,1-5H3. The van der Waals surface area contributed by atoms with E-state index in [1.165, 1.54) is 23.1 Å². The van der Waals surface area contributed by atoms with Gasteiger partial charge in [0.05, 0.1) is 0 Å². The van der Waals surface area contributed by atoms with E-state index >= 15 is 0 Å². The monoisotopic (exact) mass is 248 g/mol. The Bertz CT molecular complexity index is 373. The molecule has 2 N–H and O–H groups in total. The van der Waals surface area contributed by atoms with Gasteiger partial charge in [0.15, 0.2) is 0 Å². The van der Waals surface area contributed by atoms with Crippen LogP contribution >= 0.6 is 0 Å². The maximum atomic E-state index is 5.99. The number of nitrogens with zero attached hydrogens (tertiary/aromatic N) is 1. The van der Waals surface area contributed by atoms with Crippen molar-refractivity contribution < 1.29 is 0 Å². The molecule has 18 heavy (non-hydrogen) atoms. The summed E-state index contributed by atoms with van der Waals surface area (Å²) in [6, 6.07) is 6.99. The van der Waals surface area contributed by atoms with Gasteiger partial charge in [-0.15, -0.1) is 0 Å². The van der Waals surface area contributed by atoms with Crippen LogP contribution in [0.25, 0.3) is 0 Å². The van der Waals surface area contributed by atoms with E-state index < -0.39 is 0 Å². The zero-order chi connectivity index (χ0) is 13.7. The lowest BCUT2D eigenvalue weighted by Gasteiger charge is -2.30. The lowest BCUT2D eigenvalue weighted by Crippen LogP contribution is -2.34. The fraction of sp³-hybridized carbons (Fsp3) is 0.625. The van der Waals surface area contributed by atoms with Crippen LogP contribution in [-0.4, -0.2) is 25.0 Å². The molecule has 0 aromatic heterocycles. The summed E-state index contributed by atoms with van der Waals surface area (Å²) in [4.78, 5) is 2.39. The predicted molar refractivity (Wildman–Crippen MR) is 79.8 cm³/mol. The summed E-state index contributed by atoms with van der Waals surface area (Å²) in [7, 11) is 2.18. The molecule has 1 aromatic carbocycles. The fourth-order valence-electron chi connectivity index (χ4n) is 2.49. The van der Waals surface area contributed by atoms with Crippen molar-refractivity contribution in [3.05, 3.63) is 34.9 Å². The lowest BCUT2D eigenvalue weighted by molar-refractivity contribution is 0.214. The molecule has 2 unspecified atom stereocenters. The topological polar surface area (TPSA) is 29.3 Å². The van der Waals surface area contributed by atoms with Crippen molar-refractivity contribution in [1.82, 2.24) is 4.90 Å². The van der Waals surface area contributed by atoms with Crippen LogP contribution in [0, 0.1) is 19.8 Å². The van der Waals surface area contributed by atoms with E-state index in [1.54, 1.807) is 0 Å². The molecule has 0 heterocycles. The highest BCUT2D eigenvalue weighted by Gasteiger charge is 2.18. The number of rotatable bonds is 6. The summed E-state index contributed by atoms with van der Waals surface area (Å²) < 4.78 is 0.